The number of hydrogen-bond donors (Lipinski definition) is 1. The van der Waals surface area contributed by atoms with Gasteiger partial charge in [0.1, 0.15) is 12.3 Å². The molecule has 1 saturated carbocycles. The normalized spacial score (nSPS) is 14.9. The average Bonchev–Trinajstić information content (AvgIpc) is 3.10. The summed E-state index contributed by atoms with van der Waals surface area (Å²) in [5.41, 5.74) is -1.19. The van der Waals surface area contributed by atoms with E-state index in [0.29, 0.717) is 23.7 Å². The van der Waals surface area contributed by atoms with Crippen LogP contribution < -0.4 is 15.6 Å². The van der Waals surface area contributed by atoms with Crippen LogP contribution in [0.1, 0.15) is 31.2 Å². The number of aromatic nitrogens is 1. The Hall–Kier alpha value is -2.77. The van der Waals surface area contributed by atoms with Crippen molar-refractivity contribution in [1.29, 1.82) is 0 Å². The number of benzene rings is 1. The van der Waals surface area contributed by atoms with Crippen LogP contribution in [0.4, 0.5) is 18.9 Å². The van der Waals surface area contributed by atoms with Crippen LogP contribution in [0.2, 0.25) is 0 Å². The predicted molar refractivity (Wildman–Crippen MR) is 93.7 cm³/mol. The molecule has 27 heavy (non-hydrogen) atoms. The van der Waals surface area contributed by atoms with E-state index in [4.69, 9.17) is 4.74 Å². The van der Waals surface area contributed by atoms with Gasteiger partial charge in [0, 0.05) is 18.0 Å². The van der Waals surface area contributed by atoms with Crippen molar-refractivity contribution >= 4 is 11.6 Å². The third-order valence-corrected chi connectivity index (χ3v) is 4.37. The van der Waals surface area contributed by atoms with Crippen molar-refractivity contribution in [3.63, 3.8) is 0 Å². The topological polar surface area (TPSA) is 60.3 Å². The number of pyridine rings is 1. The second kappa shape index (κ2) is 7.85. The maximum absolute atomic E-state index is 12.7. The third-order valence-electron chi connectivity index (χ3n) is 4.37. The van der Waals surface area contributed by atoms with Gasteiger partial charge < -0.3 is 14.6 Å². The Morgan fingerprint density at radius 2 is 1.78 bits per heavy atom. The third kappa shape index (κ3) is 5.12. The molecule has 0 radical (unpaired) electrons. The summed E-state index contributed by atoms with van der Waals surface area (Å²) in [6.07, 6.45) is 0.662. The Labute approximate surface area is 153 Å². The van der Waals surface area contributed by atoms with Crippen LogP contribution in [0.15, 0.2) is 47.4 Å². The van der Waals surface area contributed by atoms with Gasteiger partial charge in [0.2, 0.25) is 5.91 Å². The standard InChI is InChI=1S/C19H19F3N2O3/c20-19(21,22)13-5-10-18(26)24(11-13)12-17(25)23-14-6-8-16(9-7-14)27-15-3-1-2-4-15/h5-11,15H,1-4,12H2,(H,23,25). The number of hydrogen-bond acceptors (Lipinski definition) is 3. The fraction of sp³-hybridized carbons (Fsp3) is 0.368. The number of anilines is 1. The molecule has 0 atom stereocenters. The SMILES string of the molecule is O=C(Cn1cc(C(F)(F)F)ccc1=O)Nc1ccc(OC2CCCC2)cc1. The molecule has 8 heteroatoms. The number of nitrogens with zero attached hydrogens (tertiary/aromatic N) is 1. The fourth-order valence-electron chi connectivity index (χ4n) is 2.99. The fourth-order valence-corrected chi connectivity index (χ4v) is 2.99. The summed E-state index contributed by atoms with van der Waals surface area (Å²) in [7, 11) is 0. The van der Waals surface area contributed by atoms with E-state index in [1.54, 1.807) is 24.3 Å². The molecule has 1 heterocycles. The Balaban J connectivity index is 1.61. The summed E-state index contributed by atoms with van der Waals surface area (Å²) in [6, 6.07) is 8.24. The van der Waals surface area contributed by atoms with Gasteiger partial charge in [-0.1, -0.05) is 0 Å². The van der Waals surface area contributed by atoms with E-state index in [2.05, 4.69) is 5.32 Å². The first-order chi connectivity index (χ1) is 12.8. The minimum absolute atomic E-state index is 0.221. The lowest BCUT2D eigenvalue weighted by molar-refractivity contribution is -0.138. The van der Waals surface area contributed by atoms with Crippen LogP contribution in [-0.4, -0.2) is 16.6 Å². The van der Waals surface area contributed by atoms with Crippen LogP contribution in [0.5, 0.6) is 5.75 Å². The zero-order chi connectivity index (χ0) is 19.4. The van der Waals surface area contributed by atoms with E-state index >= 15 is 0 Å². The molecule has 0 spiro atoms. The summed E-state index contributed by atoms with van der Waals surface area (Å²) in [4.78, 5) is 23.8. The molecule has 1 amide bonds. The van der Waals surface area contributed by atoms with Crippen molar-refractivity contribution in [3.8, 4) is 5.75 Å². The van der Waals surface area contributed by atoms with Gasteiger partial charge in [-0.15, -0.1) is 0 Å². The van der Waals surface area contributed by atoms with Crippen molar-refractivity contribution in [2.45, 2.75) is 44.5 Å². The molecular weight excluding hydrogens is 361 g/mol. The Kier molecular flexibility index (Phi) is 5.53. The number of alkyl halides is 3. The molecule has 1 N–H and O–H groups in total. The number of nitrogens with one attached hydrogen (secondary N) is 1. The number of halogens is 3. The summed E-state index contributed by atoms with van der Waals surface area (Å²) in [5.74, 6) is 0.106. The van der Waals surface area contributed by atoms with E-state index in [-0.39, 0.29) is 6.10 Å². The number of carbonyl (C=O) groups is 1. The van der Waals surface area contributed by atoms with Crippen molar-refractivity contribution in [1.82, 2.24) is 4.57 Å². The van der Waals surface area contributed by atoms with E-state index in [1.807, 2.05) is 0 Å². The van der Waals surface area contributed by atoms with Crippen LogP contribution in [0.3, 0.4) is 0 Å². The van der Waals surface area contributed by atoms with E-state index in [0.717, 1.165) is 36.3 Å². The summed E-state index contributed by atoms with van der Waals surface area (Å²) in [5, 5.41) is 2.56. The molecule has 1 aliphatic rings. The molecule has 5 nitrogen and oxygen atoms in total. The van der Waals surface area contributed by atoms with Crippen molar-refractivity contribution in [3.05, 3.63) is 58.5 Å². The van der Waals surface area contributed by atoms with Gasteiger partial charge in [-0.05, 0) is 56.0 Å². The molecule has 0 aliphatic heterocycles. The van der Waals surface area contributed by atoms with Crippen molar-refractivity contribution in [2.24, 2.45) is 0 Å². The maximum atomic E-state index is 12.7. The van der Waals surface area contributed by atoms with Crippen LogP contribution in [0.25, 0.3) is 0 Å². The first-order valence-electron chi connectivity index (χ1n) is 8.65. The molecule has 0 unspecified atom stereocenters. The van der Waals surface area contributed by atoms with Gasteiger partial charge in [0.25, 0.3) is 5.56 Å². The molecule has 1 aliphatic carbocycles. The van der Waals surface area contributed by atoms with E-state index in [1.165, 1.54) is 0 Å². The summed E-state index contributed by atoms with van der Waals surface area (Å²) >= 11 is 0. The Morgan fingerprint density at radius 3 is 2.41 bits per heavy atom. The van der Waals surface area contributed by atoms with Gasteiger partial charge in [-0.25, -0.2) is 0 Å². The lowest BCUT2D eigenvalue weighted by atomic mass is 10.2. The molecular formula is C19H19F3N2O3. The van der Waals surface area contributed by atoms with Gasteiger partial charge in [-0.2, -0.15) is 13.2 Å². The van der Waals surface area contributed by atoms with Crippen molar-refractivity contribution in [2.75, 3.05) is 5.32 Å². The first kappa shape index (κ1) is 19.0. The minimum atomic E-state index is -4.58. The molecule has 1 aromatic heterocycles. The lowest BCUT2D eigenvalue weighted by Gasteiger charge is -2.14. The van der Waals surface area contributed by atoms with Crippen LogP contribution in [-0.2, 0) is 17.5 Å². The quantitative estimate of drug-likeness (QED) is 0.858. The van der Waals surface area contributed by atoms with Gasteiger partial charge in [0.15, 0.2) is 0 Å². The molecule has 0 bridgehead atoms. The molecule has 3 rings (SSSR count). The van der Waals surface area contributed by atoms with E-state index < -0.39 is 29.8 Å². The molecule has 1 aromatic carbocycles. The molecule has 1 fully saturated rings. The van der Waals surface area contributed by atoms with Gasteiger partial charge >= 0.3 is 6.18 Å². The smallest absolute Gasteiger partial charge is 0.417 e. The Bertz CT molecular complexity index is 854. The van der Waals surface area contributed by atoms with Gasteiger partial charge in [0.05, 0.1) is 11.7 Å². The largest absolute Gasteiger partial charge is 0.490 e. The maximum Gasteiger partial charge on any atom is 0.417 e. The average molecular weight is 380 g/mol. The highest BCUT2D eigenvalue weighted by molar-refractivity contribution is 5.90. The highest BCUT2D eigenvalue weighted by Crippen LogP contribution is 2.28. The molecule has 144 valence electrons. The zero-order valence-corrected chi connectivity index (χ0v) is 14.5. The number of rotatable bonds is 5. The number of ether oxygens (including phenoxy) is 1. The summed E-state index contributed by atoms with van der Waals surface area (Å²) in [6.45, 7) is -0.511. The van der Waals surface area contributed by atoms with E-state index in [9.17, 15) is 22.8 Å². The monoisotopic (exact) mass is 380 g/mol. The van der Waals surface area contributed by atoms with Crippen LogP contribution >= 0.6 is 0 Å². The highest BCUT2D eigenvalue weighted by Gasteiger charge is 2.31. The second-order valence-electron chi connectivity index (χ2n) is 6.48. The summed E-state index contributed by atoms with van der Waals surface area (Å²) < 4.78 is 44.8. The second-order valence-corrected chi connectivity index (χ2v) is 6.48. The number of amides is 1. The predicted octanol–water partition coefficient (Wildman–Crippen LogP) is 3.83. The first-order valence-corrected chi connectivity index (χ1v) is 8.65. The highest BCUT2D eigenvalue weighted by atomic mass is 19.4. The lowest BCUT2D eigenvalue weighted by Crippen LogP contribution is -2.28. The zero-order valence-electron chi connectivity index (χ0n) is 14.5. The number of carbonyl (C=O) groups excluding carboxylic acids is 1. The van der Waals surface area contributed by atoms with Crippen molar-refractivity contribution < 1.29 is 22.7 Å². The van der Waals surface area contributed by atoms with Gasteiger partial charge in [-0.3, -0.25) is 9.59 Å². The van der Waals surface area contributed by atoms with Crippen LogP contribution in [0, 0.1) is 0 Å². The minimum Gasteiger partial charge on any atom is -0.490 e. The molecule has 0 saturated heterocycles. The Morgan fingerprint density at radius 1 is 1.11 bits per heavy atom. The molecule has 2 aromatic rings.